The van der Waals surface area contributed by atoms with Gasteiger partial charge in [-0.1, -0.05) is 32.9 Å². The third-order valence-electron chi connectivity index (χ3n) is 2.70. The van der Waals surface area contributed by atoms with Gasteiger partial charge in [0.25, 0.3) is 0 Å². The van der Waals surface area contributed by atoms with E-state index in [9.17, 15) is 0 Å². The number of ether oxygens (including phenoxy) is 1. The molecule has 0 N–H and O–H groups in total. The van der Waals surface area contributed by atoms with E-state index < -0.39 is 0 Å². The van der Waals surface area contributed by atoms with E-state index >= 15 is 0 Å². The Morgan fingerprint density at radius 3 is 2.50 bits per heavy atom. The van der Waals surface area contributed by atoms with Crippen molar-refractivity contribution in [2.24, 2.45) is 0 Å². The summed E-state index contributed by atoms with van der Waals surface area (Å²) in [5.74, 6) is 0. The Hall–Kier alpha value is -1.02. The molecule has 1 aromatic carbocycles. The van der Waals surface area contributed by atoms with Crippen molar-refractivity contribution in [2.75, 3.05) is 31.2 Å². The Kier molecular flexibility index (Phi) is 5.94. The Morgan fingerprint density at radius 2 is 1.88 bits per heavy atom. The average molecular weight is 221 g/mol. The van der Waals surface area contributed by atoms with Gasteiger partial charge in [-0.2, -0.15) is 0 Å². The van der Waals surface area contributed by atoms with Crippen LogP contribution in [0.15, 0.2) is 24.3 Å². The number of aryl methyl sites for hydroxylation is 1. The van der Waals surface area contributed by atoms with Gasteiger partial charge in [0, 0.05) is 18.8 Å². The number of nitrogens with zero attached hydrogens (tertiary/aromatic N) is 1. The molecule has 1 aliphatic heterocycles. The molecular weight excluding hydrogens is 198 g/mol. The second-order valence-corrected chi connectivity index (χ2v) is 3.62. The lowest BCUT2D eigenvalue weighted by molar-refractivity contribution is 0.122. The van der Waals surface area contributed by atoms with Crippen LogP contribution < -0.4 is 4.90 Å². The largest absolute Gasteiger partial charge is 0.378 e. The van der Waals surface area contributed by atoms with Crippen LogP contribution in [0, 0.1) is 0 Å². The van der Waals surface area contributed by atoms with Crippen molar-refractivity contribution < 1.29 is 4.74 Å². The van der Waals surface area contributed by atoms with Crippen molar-refractivity contribution in [3.05, 3.63) is 29.8 Å². The van der Waals surface area contributed by atoms with Gasteiger partial charge in [0.05, 0.1) is 13.2 Å². The maximum absolute atomic E-state index is 5.34. The van der Waals surface area contributed by atoms with Crippen LogP contribution in [0.5, 0.6) is 0 Å². The van der Waals surface area contributed by atoms with Crippen LogP contribution in [-0.4, -0.2) is 26.3 Å². The van der Waals surface area contributed by atoms with Gasteiger partial charge in [-0.05, 0) is 24.1 Å². The van der Waals surface area contributed by atoms with Crippen LogP contribution in [0.25, 0.3) is 0 Å². The van der Waals surface area contributed by atoms with Gasteiger partial charge < -0.3 is 9.64 Å². The quantitative estimate of drug-likeness (QED) is 0.761. The Morgan fingerprint density at radius 1 is 1.19 bits per heavy atom. The summed E-state index contributed by atoms with van der Waals surface area (Å²) < 4.78 is 5.34. The molecule has 0 amide bonds. The van der Waals surface area contributed by atoms with E-state index in [1.165, 1.54) is 11.3 Å². The lowest BCUT2D eigenvalue weighted by atomic mass is 10.1. The van der Waals surface area contributed by atoms with Crippen LogP contribution in [-0.2, 0) is 11.2 Å². The second kappa shape index (κ2) is 7.29. The van der Waals surface area contributed by atoms with E-state index in [2.05, 4.69) is 36.1 Å². The maximum atomic E-state index is 5.34. The lowest BCUT2D eigenvalue weighted by Crippen LogP contribution is -2.36. The van der Waals surface area contributed by atoms with Gasteiger partial charge in [-0.3, -0.25) is 0 Å². The molecule has 1 fully saturated rings. The second-order valence-electron chi connectivity index (χ2n) is 3.62. The number of hydrogen-bond donors (Lipinski definition) is 0. The monoisotopic (exact) mass is 221 g/mol. The summed E-state index contributed by atoms with van der Waals surface area (Å²) in [6.45, 7) is 9.95. The molecule has 2 rings (SSSR count). The molecular formula is C14H23NO. The molecule has 1 heterocycles. The minimum Gasteiger partial charge on any atom is -0.378 e. The van der Waals surface area contributed by atoms with Crippen molar-refractivity contribution in [1.29, 1.82) is 0 Å². The van der Waals surface area contributed by atoms with Gasteiger partial charge in [0.15, 0.2) is 0 Å². The summed E-state index contributed by atoms with van der Waals surface area (Å²) in [7, 11) is 0. The van der Waals surface area contributed by atoms with Crippen molar-refractivity contribution in [1.82, 2.24) is 0 Å². The highest BCUT2D eigenvalue weighted by molar-refractivity contribution is 5.48. The highest BCUT2D eigenvalue weighted by atomic mass is 16.5. The smallest absolute Gasteiger partial charge is 0.0642 e. The van der Waals surface area contributed by atoms with E-state index in [0.717, 1.165) is 32.7 Å². The summed E-state index contributed by atoms with van der Waals surface area (Å²) in [5.41, 5.74) is 2.75. The fourth-order valence-corrected chi connectivity index (χ4v) is 1.79. The van der Waals surface area contributed by atoms with Crippen LogP contribution in [0.4, 0.5) is 5.69 Å². The summed E-state index contributed by atoms with van der Waals surface area (Å²) in [5, 5.41) is 0. The Balaban J connectivity index is 0.000000606. The summed E-state index contributed by atoms with van der Waals surface area (Å²) in [6.07, 6.45) is 1.11. The fraction of sp³-hybridized carbons (Fsp3) is 0.571. The van der Waals surface area contributed by atoms with E-state index in [-0.39, 0.29) is 0 Å². The minimum absolute atomic E-state index is 0.857. The van der Waals surface area contributed by atoms with E-state index in [1.54, 1.807) is 0 Å². The first-order chi connectivity index (χ1) is 7.90. The predicted octanol–water partition coefficient (Wildman–Crippen LogP) is 3.11. The standard InChI is InChI=1S/C12H17NO.C2H6/c1-2-11-4-3-5-12(10-11)13-6-8-14-9-7-13;1-2/h3-5,10H,2,6-9H2,1H3;1-2H3. The number of benzene rings is 1. The number of rotatable bonds is 2. The zero-order chi connectivity index (χ0) is 11.8. The van der Waals surface area contributed by atoms with Gasteiger partial charge in [0.1, 0.15) is 0 Å². The van der Waals surface area contributed by atoms with Crippen molar-refractivity contribution in [3.8, 4) is 0 Å². The molecule has 0 saturated carbocycles. The molecule has 90 valence electrons. The van der Waals surface area contributed by atoms with Crippen molar-refractivity contribution in [2.45, 2.75) is 27.2 Å². The van der Waals surface area contributed by atoms with E-state index in [1.807, 2.05) is 13.8 Å². The van der Waals surface area contributed by atoms with Gasteiger partial charge in [-0.25, -0.2) is 0 Å². The van der Waals surface area contributed by atoms with Crippen molar-refractivity contribution in [3.63, 3.8) is 0 Å². The zero-order valence-corrected chi connectivity index (χ0v) is 10.7. The van der Waals surface area contributed by atoms with Crippen LogP contribution in [0.2, 0.25) is 0 Å². The molecule has 0 radical (unpaired) electrons. The molecule has 0 spiro atoms. The first-order valence-electron chi connectivity index (χ1n) is 6.32. The first-order valence-corrected chi connectivity index (χ1v) is 6.32. The molecule has 0 unspecified atom stereocenters. The van der Waals surface area contributed by atoms with Crippen LogP contribution >= 0.6 is 0 Å². The SMILES string of the molecule is CC.CCc1cccc(N2CCOCC2)c1. The average Bonchev–Trinajstić information content (AvgIpc) is 2.42. The number of morpholine rings is 1. The van der Waals surface area contributed by atoms with E-state index in [4.69, 9.17) is 4.74 Å². The molecule has 16 heavy (non-hydrogen) atoms. The molecule has 2 nitrogen and oxygen atoms in total. The third kappa shape index (κ3) is 3.53. The fourth-order valence-electron chi connectivity index (χ4n) is 1.79. The molecule has 1 aromatic rings. The highest BCUT2D eigenvalue weighted by Crippen LogP contribution is 2.17. The molecule has 1 saturated heterocycles. The summed E-state index contributed by atoms with van der Waals surface area (Å²) >= 11 is 0. The topological polar surface area (TPSA) is 12.5 Å². The zero-order valence-electron chi connectivity index (χ0n) is 10.7. The summed E-state index contributed by atoms with van der Waals surface area (Å²) in [6, 6.07) is 8.80. The highest BCUT2D eigenvalue weighted by Gasteiger charge is 2.10. The van der Waals surface area contributed by atoms with E-state index in [0.29, 0.717) is 0 Å². The molecule has 0 aliphatic carbocycles. The Bertz CT molecular complexity index is 293. The predicted molar refractivity (Wildman–Crippen MR) is 70.2 cm³/mol. The van der Waals surface area contributed by atoms with Gasteiger partial charge in [0.2, 0.25) is 0 Å². The first kappa shape index (κ1) is 13.0. The van der Waals surface area contributed by atoms with Gasteiger partial charge in [-0.15, -0.1) is 0 Å². The van der Waals surface area contributed by atoms with Gasteiger partial charge >= 0.3 is 0 Å². The van der Waals surface area contributed by atoms with Crippen molar-refractivity contribution >= 4 is 5.69 Å². The molecule has 0 bridgehead atoms. The van der Waals surface area contributed by atoms with Crippen LogP contribution in [0.3, 0.4) is 0 Å². The lowest BCUT2D eigenvalue weighted by Gasteiger charge is -2.29. The Labute approximate surface area is 99.2 Å². The maximum Gasteiger partial charge on any atom is 0.0642 e. The normalized spacial score (nSPS) is 15.3. The molecule has 0 aromatic heterocycles. The summed E-state index contributed by atoms with van der Waals surface area (Å²) in [4.78, 5) is 2.39. The molecule has 0 atom stereocenters. The third-order valence-corrected chi connectivity index (χ3v) is 2.70. The molecule has 2 heteroatoms. The number of anilines is 1. The minimum atomic E-state index is 0.857. The number of hydrogen-bond acceptors (Lipinski definition) is 2. The van der Waals surface area contributed by atoms with Crippen LogP contribution in [0.1, 0.15) is 26.3 Å². The molecule has 1 aliphatic rings.